The van der Waals surface area contributed by atoms with Crippen LogP contribution in [0.25, 0.3) is 0 Å². The summed E-state index contributed by atoms with van der Waals surface area (Å²) in [4.78, 5) is 10.5. The highest BCUT2D eigenvalue weighted by atomic mass is 19.1. The largest absolute Gasteiger partial charge is 0.370 e. The lowest BCUT2D eigenvalue weighted by molar-refractivity contribution is 0.405. The van der Waals surface area contributed by atoms with Gasteiger partial charge < -0.3 is 15.5 Å². The zero-order valence-corrected chi connectivity index (χ0v) is 13.7. The Hall–Kier alpha value is -2.21. The van der Waals surface area contributed by atoms with Crippen LogP contribution in [-0.4, -0.2) is 48.6 Å². The minimum absolute atomic E-state index is 0.166. The minimum Gasteiger partial charge on any atom is -0.370 e. The predicted molar refractivity (Wildman–Crippen MR) is 92.3 cm³/mol. The van der Waals surface area contributed by atoms with Crippen molar-refractivity contribution in [2.45, 2.75) is 12.8 Å². The third-order valence-corrected chi connectivity index (χ3v) is 3.41. The maximum Gasteiger partial charge on any atom is 0.131 e. The molecule has 1 aromatic carbocycles. The second-order valence-corrected chi connectivity index (χ2v) is 5.64. The van der Waals surface area contributed by atoms with Crippen LogP contribution in [0.2, 0.25) is 0 Å². The highest BCUT2D eigenvalue weighted by molar-refractivity contribution is 5.46. The highest BCUT2D eigenvalue weighted by Crippen LogP contribution is 2.10. The van der Waals surface area contributed by atoms with E-state index in [-0.39, 0.29) is 5.82 Å². The molecule has 23 heavy (non-hydrogen) atoms. The summed E-state index contributed by atoms with van der Waals surface area (Å²) >= 11 is 0. The fraction of sp³-hybridized carbons (Fsp3) is 0.412. The van der Waals surface area contributed by atoms with E-state index >= 15 is 0 Å². The second kappa shape index (κ2) is 9.05. The predicted octanol–water partition coefficient (Wildman–Crippen LogP) is 2.63. The fourth-order valence-electron chi connectivity index (χ4n) is 2.19. The van der Waals surface area contributed by atoms with Gasteiger partial charge >= 0.3 is 0 Å². The van der Waals surface area contributed by atoms with E-state index < -0.39 is 0 Å². The molecule has 0 fully saturated rings. The summed E-state index contributed by atoms with van der Waals surface area (Å²) in [7, 11) is 4.12. The Bertz CT molecular complexity index is 603. The molecule has 0 amide bonds. The summed E-state index contributed by atoms with van der Waals surface area (Å²) in [6.07, 6.45) is 3.19. The molecule has 124 valence electrons. The van der Waals surface area contributed by atoms with Crippen molar-refractivity contribution in [2.24, 2.45) is 0 Å². The van der Waals surface area contributed by atoms with Crippen LogP contribution in [0.1, 0.15) is 12.0 Å². The van der Waals surface area contributed by atoms with E-state index in [0.29, 0.717) is 18.5 Å². The van der Waals surface area contributed by atoms with Crippen molar-refractivity contribution in [1.29, 1.82) is 0 Å². The van der Waals surface area contributed by atoms with E-state index in [1.54, 1.807) is 12.1 Å². The van der Waals surface area contributed by atoms with Crippen LogP contribution in [0.15, 0.2) is 36.7 Å². The fourth-order valence-corrected chi connectivity index (χ4v) is 2.19. The van der Waals surface area contributed by atoms with Gasteiger partial charge in [0.05, 0.1) is 0 Å². The van der Waals surface area contributed by atoms with Crippen molar-refractivity contribution in [2.75, 3.05) is 44.4 Å². The zero-order chi connectivity index (χ0) is 16.5. The maximum atomic E-state index is 13.5. The molecule has 2 rings (SSSR count). The van der Waals surface area contributed by atoms with Gasteiger partial charge in [-0.15, -0.1) is 0 Å². The summed E-state index contributed by atoms with van der Waals surface area (Å²) < 4.78 is 13.5. The smallest absolute Gasteiger partial charge is 0.131 e. The molecule has 0 radical (unpaired) electrons. The topological polar surface area (TPSA) is 53.1 Å². The molecular weight excluding hydrogens is 293 g/mol. The number of hydrogen-bond donors (Lipinski definition) is 2. The van der Waals surface area contributed by atoms with E-state index in [4.69, 9.17) is 0 Å². The Balaban J connectivity index is 1.77. The third-order valence-electron chi connectivity index (χ3n) is 3.41. The van der Waals surface area contributed by atoms with Crippen LogP contribution in [0.3, 0.4) is 0 Å². The average Bonchev–Trinajstić information content (AvgIpc) is 2.54. The van der Waals surface area contributed by atoms with Crippen molar-refractivity contribution in [3.05, 3.63) is 48.0 Å². The summed E-state index contributed by atoms with van der Waals surface area (Å²) in [5, 5.41) is 6.48. The number of anilines is 2. The number of nitrogens with zero attached hydrogens (tertiary/aromatic N) is 3. The maximum absolute atomic E-state index is 13.5. The lowest BCUT2D eigenvalue weighted by Crippen LogP contribution is -2.16. The molecule has 0 atom stereocenters. The van der Waals surface area contributed by atoms with Crippen molar-refractivity contribution in [1.82, 2.24) is 14.9 Å². The summed E-state index contributed by atoms with van der Waals surface area (Å²) in [6.45, 7) is 2.52. The van der Waals surface area contributed by atoms with Crippen molar-refractivity contribution in [3.63, 3.8) is 0 Å². The molecule has 2 aromatic rings. The Labute approximate surface area is 137 Å². The number of benzene rings is 1. The first-order chi connectivity index (χ1) is 11.1. The average molecular weight is 317 g/mol. The molecule has 0 unspecified atom stereocenters. The monoisotopic (exact) mass is 317 g/mol. The SMILES string of the molecule is CN(C)CCCNc1cc(NCCc2ccccc2F)ncn1. The molecular formula is C17H24FN5. The number of halogens is 1. The van der Waals surface area contributed by atoms with Crippen LogP contribution < -0.4 is 10.6 Å². The van der Waals surface area contributed by atoms with Gasteiger partial charge in [0.25, 0.3) is 0 Å². The van der Waals surface area contributed by atoms with E-state index in [1.165, 1.54) is 12.4 Å². The quantitative estimate of drug-likeness (QED) is 0.696. The molecule has 0 saturated carbocycles. The van der Waals surface area contributed by atoms with Gasteiger partial charge in [-0.1, -0.05) is 18.2 Å². The second-order valence-electron chi connectivity index (χ2n) is 5.64. The van der Waals surface area contributed by atoms with Gasteiger partial charge in [0.1, 0.15) is 23.8 Å². The van der Waals surface area contributed by atoms with Crippen LogP contribution in [-0.2, 0) is 6.42 Å². The van der Waals surface area contributed by atoms with Crippen LogP contribution in [0, 0.1) is 5.82 Å². The summed E-state index contributed by atoms with van der Waals surface area (Å²) in [5.41, 5.74) is 0.705. The summed E-state index contributed by atoms with van der Waals surface area (Å²) in [5.74, 6) is 1.37. The van der Waals surface area contributed by atoms with Gasteiger partial charge in [0, 0.05) is 19.2 Å². The van der Waals surface area contributed by atoms with Crippen molar-refractivity contribution < 1.29 is 4.39 Å². The first-order valence-corrected chi connectivity index (χ1v) is 7.83. The highest BCUT2D eigenvalue weighted by Gasteiger charge is 2.02. The molecule has 0 aliphatic rings. The molecule has 0 saturated heterocycles. The van der Waals surface area contributed by atoms with Gasteiger partial charge in [0.2, 0.25) is 0 Å². The lowest BCUT2D eigenvalue weighted by Gasteiger charge is -2.11. The standard InChI is InChI=1S/C17H24FN5/c1-23(2)11-5-9-19-16-12-17(22-13-21-16)20-10-8-14-6-3-4-7-15(14)18/h3-4,6-7,12-13H,5,8-11H2,1-2H3,(H2,19,20,21,22). The normalized spacial score (nSPS) is 10.8. The number of hydrogen-bond acceptors (Lipinski definition) is 5. The Morgan fingerprint density at radius 2 is 1.74 bits per heavy atom. The molecule has 2 N–H and O–H groups in total. The van der Waals surface area contributed by atoms with Gasteiger partial charge in [0.15, 0.2) is 0 Å². The summed E-state index contributed by atoms with van der Waals surface area (Å²) in [6, 6.07) is 8.70. The Morgan fingerprint density at radius 1 is 1.04 bits per heavy atom. The molecule has 6 heteroatoms. The lowest BCUT2D eigenvalue weighted by atomic mass is 10.1. The minimum atomic E-state index is -0.166. The molecule has 1 aromatic heterocycles. The van der Waals surface area contributed by atoms with E-state index in [2.05, 4.69) is 39.6 Å². The van der Waals surface area contributed by atoms with E-state index in [0.717, 1.165) is 31.1 Å². The molecule has 0 bridgehead atoms. The number of nitrogens with one attached hydrogen (secondary N) is 2. The van der Waals surface area contributed by atoms with Gasteiger partial charge in [-0.05, 0) is 45.1 Å². The first kappa shape index (κ1) is 17.1. The molecule has 0 aliphatic carbocycles. The molecule has 0 spiro atoms. The Kier molecular flexibility index (Phi) is 6.75. The molecule has 0 aliphatic heterocycles. The van der Waals surface area contributed by atoms with Crippen LogP contribution in [0.5, 0.6) is 0 Å². The van der Waals surface area contributed by atoms with Crippen molar-refractivity contribution >= 4 is 11.6 Å². The van der Waals surface area contributed by atoms with Gasteiger partial charge in [-0.3, -0.25) is 0 Å². The third kappa shape index (κ3) is 6.20. The van der Waals surface area contributed by atoms with E-state index in [1.807, 2.05) is 12.1 Å². The Morgan fingerprint density at radius 3 is 2.43 bits per heavy atom. The van der Waals surface area contributed by atoms with Crippen LogP contribution in [0.4, 0.5) is 16.0 Å². The zero-order valence-electron chi connectivity index (χ0n) is 13.7. The van der Waals surface area contributed by atoms with Crippen molar-refractivity contribution in [3.8, 4) is 0 Å². The van der Waals surface area contributed by atoms with Crippen LogP contribution >= 0.6 is 0 Å². The molecule has 1 heterocycles. The van der Waals surface area contributed by atoms with Gasteiger partial charge in [-0.25, -0.2) is 14.4 Å². The van der Waals surface area contributed by atoms with E-state index in [9.17, 15) is 4.39 Å². The first-order valence-electron chi connectivity index (χ1n) is 7.83. The number of aromatic nitrogens is 2. The van der Waals surface area contributed by atoms with Gasteiger partial charge in [-0.2, -0.15) is 0 Å². The molecule has 5 nitrogen and oxygen atoms in total. The number of rotatable bonds is 9.